The predicted octanol–water partition coefficient (Wildman–Crippen LogP) is 4.49. The summed E-state index contributed by atoms with van der Waals surface area (Å²) >= 11 is 0. The molecule has 0 saturated heterocycles. The maximum absolute atomic E-state index is 12.4. The molecule has 0 bridgehead atoms. The Bertz CT molecular complexity index is 452. The average molecular weight is 266 g/mol. The quantitative estimate of drug-likeness (QED) is 0.479. The van der Waals surface area contributed by atoms with Crippen molar-refractivity contribution in [2.75, 3.05) is 0 Å². The van der Waals surface area contributed by atoms with Gasteiger partial charge in [0.2, 0.25) is 0 Å². The lowest BCUT2D eigenvalue weighted by Crippen LogP contribution is -2.11. The molecule has 0 fully saturated rings. The molecule has 0 heterocycles. The van der Waals surface area contributed by atoms with Gasteiger partial charge in [0.15, 0.2) is 0 Å². The van der Waals surface area contributed by atoms with Crippen LogP contribution in [-0.2, 0) is 12.4 Å². The lowest BCUT2D eigenvalue weighted by molar-refractivity contribution is -0.143. The smallest absolute Gasteiger partial charge is 0.166 e. The summed E-state index contributed by atoms with van der Waals surface area (Å²) < 4.78 is 74.7. The van der Waals surface area contributed by atoms with E-state index >= 15 is 0 Å². The number of benzene rings is 1. The van der Waals surface area contributed by atoms with Crippen LogP contribution in [0.1, 0.15) is 30.0 Å². The third kappa shape index (κ3) is 3.69. The molecule has 1 aromatic carbocycles. The lowest BCUT2D eigenvalue weighted by Gasteiger charge is -2.12. The molecule has 1 rings (SSSR count). The molecule has 98 valence electrons. The van der Waals surface area contributed by atoms with Crippen LogP contribution in [0.15, 0.2) is 18.2 Å². The van der Waals surface area contributed by atoms with Gasteiger partial charge in [-0.25, -0.2) is 0 Å². The molecule has 0 aliphatic heterocycles. The van der Waals surface area contributed by atoms with Gasteiger partial charge in [-0.15, -0.1) is 0 Å². The average Bonchev–Trinajstić information content (AvgIpc) is 2.23. The van der Waals surface area contributed by atoms with Gasteiger partial charge in [-0.2, -0.15) is 26.3 Å². The van der Waals surface area contributed by atoms with Gasteiger partial charge < -0.3 is 0 Å². The minimum Gasteiger partial charge on any atom is -0.166 e. The standard InChI is InChI=1S/C12H8F6/c1-2-3-4-8-5-9(11(13,14)15)7-10(6-8)12(16,17)18/h5-7H,2H2,1H3. The number of hydrogen-bond donors (Lipinski definition) is 0. The first kappa shape index (κ1) is 14.4. The molecule has 0 atom stereocenters. The lowest BCUT2D eigenvalue weighted by atomic mass is 10.0. The highest BCUT2D eigenvalue weighted by Gasteiger charge is 2.36. The van der Waals surface area contributed by atoms with Crippen LogP contribution in [0.2, 0.25) is 0 Å². The summed E-state index contributed by atoms with van der Waals surface area (Å²) in [5, 5.41) is 0. The molecule has 0 saturated carbocycles. The van der Waals surface area contributed by atoms with Gasteiger partial charge >= 0.3 is 12.4 Å². The zero-order valence-corrected chi connectivity index (χ0v) is 9.21. The molecule has 1 aromatic rings. The molecule has 0 N–H and O–H groups in total. The number of alkyl halides is 6. The molecule has 0 amide bonds. The fourth-order valence-corrected chi connectivity index (χ4v) is 1.22. The second kappa shape index (κ2) is 4.92. The first-order chi connectivity index (χ1) is 8.14. The molecule has 0 spiro atoms. The Morgan fingerprint density at radius 1 is 0.889 bits per heavy atom. The van der Waals surface area contributed by atoms with Crippen molar-refractivity contribution in [3.63, 3.8) is 0 Å². The van der Waals surface area contributed by atoms with Crippen molar-refractivity contribution in [2.45, 2.75) is 25.7 Å². The van der Waals surface area contributed by atoms with E-state index in [0.717, 1.165) is 0 Å². The van der Waals surface area contributed by atoms with Crippen molar-refractivity contribution in [1.82, 2.24) is 0 Å². The van der Waals surface area contributed by atoms with Crippen molar-refractivity contribution < 1.29 is 26.3 Å². The Kier molecular flexibility index (Phi) is 3.95. The molecule has 0 unspecified atom stereocenters. The third-order valence-corrected chi connectivity index (χ3v) is 2.00. The maximum atomic E-state index is 12.4. The summed E-state index contributed by atoms with van der Waals surface area (Å²) in [7, 11) is 0. The number of hydrogen-bond acceptors (Lipinski definition) is 0. The fourth-order valence-electron chi connectivity index (χ4n) is 1.22. The van der Waals surface area contributed by atoms with Crippen LogP contribution in [0.3, 0.4) is 0 Å². The topological polar surface area (TPSA) is 0 Å². The van der Waals surface area contributed by atoms with E-state index in [2.05, 4.69) is 11.8 Å². The minimum absolute atomic E-state index is 0.0805. The SMILES string of the molecule is CCC#Cc1cc(C(F)(F)F)cc(C(F)(F)F)c1. The Morgan fingerprint density at radius 3 is 1.67 bits per heavy atom. The molecular weight excluding hydrogens is 258 g/mol. The van der Waals surface area contributed by atoms with Gasteiger partial charge in [-0.3, -0.25) is 0 Å². The highest BCUT2D eigenvalue weighted by atomic mass is 19.4. The van der Waals surface area contributed by atoms with E-state index in [1.54, 1.807) is 6.92 Å². The van der Waals surface area contributed by atoms with Gasteiger partial charge in [-0.1, -0.05) is 18.8 Å². The van der Waals surface area contributed by atoms with E-state index < -0.39 is 23.5 Å². The largest absolute Gasteiger partial charge is 0.416 e. The van der Waals surface area contributed by atoms with Crippen molar-refractivity contribution in [3.05, 3.63) is 34.9 Å². The Morgan fingerprint density at radius 2 is 1.33 bits per heavy atom. The van der Waals surface area contributed by atoms with Crippen LogP contribution in [-0.4, -0.2) is 0 Å². The van der Waals surface area contributed by atoms with Crippen LogP contribution in [0.25, 0.3) is 0 Å². The van der Waals surface area contributed by atoms with Gasteiger partial charge in [0.25, 0.3) is 0 Å². The monoisotopic (exact) mass is 266 g/mol. The normalized spacial score (nSPS) is 11.9. The van der Waals surface area contributed by atoms with E-state index in [9.17, 15) is 26.3 Å². The van der Waals surface area contributed by atoms with E-state index in [0.29, 0.717) is 18.6 Å². The third-order valence-electron chi connectivity index (χ3n) is 2.00. The summed E-state index contributed by atoms with van der Waals surface area (Å²) in [5.41, 5.74) is -2.99. The molecule has 6 heteroatoms. The predicted molar refractivity (Wildman–Crippen MR) is 53.6 cm³/mol. The Hall–Kier alpha value is -1.64. The second-order valence-corrected chi connectivity index (χ2v) is 3.45. The van der Waals surface area contributed by atoms with Gasteiger partial charge in [0.1, 0.15) is 0 Å². The summed E-state index contributed by atoms with van der Waals surface area (Å²) in [6.45, 7) is 1.64. The minimum atomic E-state index is -4.83. The van der Waals surface area contributed by atoms with E-state index in [4.69, 9.17) is 0 Å². The summed E-state index contributed by atoms with van der Waals surface area (Å²) in [6, 6.07) is 1.30. The van der Waals surface area contributed by atoms with Gasteiger partial charge in [-0.05, 0) is 18.2 Å². The Balaban J connectivity index is 3.39. The first-order valence-corrected chi connectivity index (χ1v) is 4.93. The van der Waals surface area contributed by atoms with Crippen molar-refractivity contribution in [1.29, 1.82) is 0 Å². The van der Waals surface area contributed by atoms with Gasteiger partial charge in [0, 0.05) is 12.0 Å². The zero-order chi connectivity index (χ0) is 14.0. The molecular formula is C12H8F6. The zero-order valence-electron chi connectivity index (χ0n) is 9.21. The fraction of sp³-hybridized carbons (Fsp3) is 0.333. The van der Waals surface area contributed by atoms with E-state index in [1.165, 1.54) is 0 Å². The van der Waals surface area contributed by atoms with Crippen LogP contribution >= 0.6 is 0 Å². The van der Waals surface area contributed by atoms with Gasteiger partial charge in [0.05, 0.1) is 11.1 Å². The van der Waals surface area contributed by atoms with Crippen LogP contribution in [0.4, 0.5) is 26.3 Å². The highest BCUT2D eigenvalue weighted by Crippen LogP contribution is 2.36. The molecule has 0 radical (unpaired) electrons. The summed E-state index contributed by atoms with van der Waals surface area (Å²) in [4.78, 5) is 0. The Labute approximate surface area is 99.6 Å². The molecule has 0 aliphatic carbocycles. The molecule has 18 heavy (non-hydrogen) atoms. The summed E-state index contributed by atoms with van der Waals surface area (Å²) in [6.07, 6.45) is -9.31. The molecule has 0 aromatic heterocycles. The number of halogens is 6. The van der Waals surface area contributed by atoms with E-state index in [1.807, 2.05) is 0 Å². The van der Waals surface area contributed by atoms with E-state index in [-0.39, 0.29) is 11.6 Å². The van der Waals surface area contributed by atoms with Crippen molar-refractivity contribution in [3.8, 4) is 11.8 Å². The summed E-state index contributed by atoms with van der Waals surface area (Å²) in [5.74, 6) is 4.71. The number of rotatable bonds is 0. The molecule has 0 aliphatic rings. The van der Waals surface area contributed by atoms with Crippen LogP contribution in [0, 0.1) is 11.8 Å². The van der Waals surface area contributed by atoms with Crippen molar-refractivity contribution in [2.24, 2.45) is 0 Å². The van der Waals surface area contributed by atoms with Crippen LogP contribution in [0.5, 0.6) is 0 Å². The second-order valence-electron chi connectivity index (χ2n) is 3.45. The van der Waals surface area contributed by atoms with Crippen molar-refractivity contribution >= 4 is 0 Å². The first-order valence-electron chi connectivity index (χ1n) is 4.93. The molecule has 0 nitrogen and oxygen atoms in total. The van der Waals surface area contributed by atoms with Crippen LogP contribution < -0.4 is 0 Å². The maximum Gasteiger partial charge on any atom is 0.416 e. The highest BCUT2D eigenvalue weighted by molar-refractivity contribution is 5.42.